The van der Waals surface area contributed by atoms with Gasteiger partial charge in [0.25, 0.3) is 0 Å². The lowest BCUT2D eigenvalue weighted by atomic mass is 10.1. The van der Waals surface area contributed by atoms with E-state index in [2.05, 4.69) is 17.4 Å². The SMILES string of the molecule is CCC(C(=O)O)N(C)CC(=O)NCCCc1ccccc1. The maximum atomic E-state index is 11.8. The fourth-order valence-electron chi connectivity index (χ4n) is 2.23. The molecule has 21 heavy (non-hydrogen) atoms. The summed E-state index contributed by atoms with van der Waals surface area (Å²) in [5, 5.41) is 11.9. The zero-order valence-corrected chi connectivity index (χ0v) is 12.7. The highest BCUT2D eigenvalue weighted by atomic mass is 16.4. The van der Waals surface area contributed by atoms with E-state index in [4.69, 9.17) is 5.11 Å². The fraction of sp³-hybridized carbons (Fsp3) is 0.500. The molecule has 5 nitrogen and oxygen atoms in total. The molecule has 0 saturated heterocycles. The number of hydrogen-bond donors (Lipinski definition) is 2. The fourth-order valence-corrected chi connectivity index (χ4v) is 2.23. The number of carboxylic acid groups (broad SMARTS) is 1. The molecule has 0 spiro atoms. The second-order valence-electron chi connectivity index (χ2n) is 5.12. The molecular formula is C16H24N2O3. The first kappa shape index (κ1) is 17.2. The number of rotatable bonds is 9. The molecule has 0 fully saturated rings. The summed E-state index contributed by atoms with van der Waals surface area (Å²) in [6.07, 6.45) is 2.27. The van der Waals surface area contributed by atoms with E-state index >= 15 is 0 Å². The summed E-state index contributed by atoms with van der Waals surface area (Å²) in [6.45, 7) is 2.51. The smallest absolute Gasteiger partial charge is 0.320 e. The molecule has 0 aliphatic rings. The number of carbonyl (C=O) groups excluding carboxylic acids is 1. The second-order valence-corrected chi connectivity index (χ2v) is 5.12. The summed E-state index contributed by atoms with van der Waals surface area (Å²) < 4.78 is 0. The topological polar surface area (TPSA) is 69.6 Å². The Kier molecular flexibility index (Phi) is 7.46. The van der Waals surface area contributed by atoms with Gasteiger partial charge in [-0.1, -0.05) is 37.3 Å². The van der Waals surface area contributed by atoms with Crippen LogP contribution in [0.25, 0.3) is 0 Å². The molecule has 1 atom stereocenters. The molecule has 0 radical (unpaired) electrons. The Labute approximate surface area is 126 Å². The van der Waals surface area contributed by atoms with Gasteiger partial charge in [-0.25, -0.2) is 0 Å². The van der Waals surface area contributed by atoms with Gasteiger partial charge in [-0.3, -0.25) is 14.5 Å². The molecule has 0 aliphatic carbocycles. The Morgan fingerprint density at radius 2 is 1.95 bits per heavy atom. The molecule has 1 aromatic rings. The van der Waals surface area contributed by atoms with Crippen LogP contribution < -0.4 is 5.32 Å². The van der Waals surface area contributed by atoms with E-state index in [1.54, 1.807) is 18.9 Å². The number of amides is 1. The predicted octanol–water partition coefficient (Wildman–Crippen LogP) is 1.53. The molecule has 0 heterocycles. The summed E-state index contributed by atoms with van der Waals surface area (Å²) in [7, 11) is 1.66. The summed E-state index contributed by atoms with van der Waals surface area (Å²) >= 11 is 0. The van der Waals surface area contributed by atoms with Gasteiger partial charge in [-0.05, 0) is 31.9 Å². The monoisotopic (exact) mass is 292 g/mol. The van der Waals surface area contributed by atoms with Crippen LogP contribution >= 0.6 is 0 Å². The van der Waals surface area contributed by atoms with Crippen LogP contribution in [0.3, 0.4) is 0 Å². The number of likely N-dealkylation sites (N-methyl/N-ethyl adjacent to an activating group) is 1. The number of aliphatic carboxylic acids is 1. The number of benzene rings is 1. The van der Waals surface area contributed by atoms with E-state index in [1.807, 2.05) is 18.2 Å². The number of nitrogens with zero attached hydrogens (tertiary/aromatic N) is 1. The van der Waals surface area contributed by atoms with E-state index < -0.39 is 12.0 Å². The van der Waals surface area contributed by atoms with Crippen molar-refractivity contribution >= 4 is 11.9 Å². The molecule has 1 unspecified atom stereocenters. The number of carbonyl (C=O) groups is 2. The summed E-state index contributed by atoms with van der Waals surface area (Å²) in [5.41, 5.74) is 1.25. The quantitative estimate of drug-likeness (QED) is 0.677. The summed E-state index contributed by atoms with van der Waals surface area (Å²) in [5.74, 6) is -1.03. The van der Waals surface area contributed by atoms with Crippen LogP contribution in [-0.4, -0.2) is 48.1 Å². The molecule has 1 aromatic carbocycles. The van der Waals surface area contributed by atoms with E-state index in [9.17, 15) is 9.59 Å². The highest BCUT2D eigenvalue weighted by molar-refractivity contribution is 5.79. The Balaban J connectivity index is 2.23. The lowest BCUT2D eigenvalue weighted by molar-refractivity contribution is -0.143. The van der Waals surface area contributed by atoms with Crippen LogP contribution in [0.1, 0.15) is 25.3 Å². The molecule has 5 heteroatoms. The molecule has 0 aliphatic heterocycles. The van der Waals surface area contributed by atoms with Crippen LogP contribution in [0.15, 0.2) is 30.3 Å². The molecule has 0 bridgehead atoms. The maximum absolute atomic E-state index is 11.8. The first-order valence-electron chi connectivity index (χ1n) is 7.28. The van der Waals surface area contributed by atoms with E-state index in [0.29, 0.717) is 13.0 Å². The standard InChI is InChI=1S/C16H24N2O3/c1-3-14(16(20)21)18(2)12-15(19)17-11-7-10-13-8-5-4-6-9-13/h4-6,8-9,14H,3,7,10-12H2,1-2H3,(H,17,19)(H,20,21). The number of hydrogen-bond acceptors (Lipinski definition) is 3. The van der Waals surface area contributed by atoms with Crippen molar-refractivity contribution in [1.82, 2.24) is 10.2 Å². The first-order chi connectivity index (χ1) is 10.0. The molecule has 116 valence electrons. The average Bonchev–Trinajstić information content (AvgIpc) is 2.45. The molecular weight excluding hydrogens is 268 g/mol. The van der Waals surface area contributed by atoms with E-state index in [0.717, 1.165) is 12.8 Å². The van der Waals surface area contributed by atoms with E-state index in [1.165, 1.54) is 5.56 Å². The predicted molar refractivity (Wildman–Crippen MR) is 82.1 cm³/mol. The summed E-state index contributed by atoms with van der Waals surface area (Å²) in [6, 6.07) is 9.50. The van der Waals surface area contributed by atoms with Crippen molar-refractivity contribution in [2.45, 2.75) is 32.2 Å². The van der Waals surface area contributed by atoms with Crippen LogP contribution in [0.5, 0.6) is 0 Å². The Morgan fingerprint density at radius 3 is 2.52 bits per heavy atom. The molecule has 0 aromatic heterocycles. The van der Waals surface area contributed by atoms with Gasteiger partial charge in [0.1, 0.15) is 6.04 Å². The Morgan fingerprint density at radius 1 is 1.29 bits per heavy atom. The van der Waals surface area contributed by atoms with Gasteiger partial charge in [0, 0.05) is 6.54 Å². The number of aryl methyl sites for hydroxylation is 1. The minimum atomic E-state index is -0.892. The van der Waals surface area contributed by atoms with Crippen molar-refractivity contribution in [3.8, 4) is 0 Å². The zero-order chi connectivity index (χ0) is 15.7. The molecule has 0 saturated carbocycles. The van der Waals surface area contributed by atoms with Crippen molar-refractivity contribution in [1.29, 1.82) is 0 Å². The van der Waals surface area contributed by atoms with Gasteiger partial charge < -0.3 is 10.4 Å². The third kappa shape index (κ3) is 6.40. The number of nitrogens with one attached hydrogen (secondary N) is 1. The largest absolute Gasteiger partial charge is 0.480 e. The average molecular weight is 292 g/mol. The van der Waals surface area contributed by atoms with Crippen molar-refractivity contribution in [2.75, 3.05) is 20.1 Å². The van der Waals surface area contributed by atoms with Crippen LogP contribution in [0.2, 0.25) is 0 Å². The van der Waals surface area contributed by atoms with Crippen molar-refractivity contribution in [3.63, 3.8) is 0 Å². The van der Waals surface area contributed by atoms with Crippen LogP contribution in [-0.2, 0) is 16.0 Å². The van der Waals surface area contributed by atoms with Crippen LogP contribution in [0.4, 0.5) is 0 Å². The van der Waals surface area contributed by atoms with Crippen molar-refractivity contribution in [2.24, 2.45) is 0 Å². The summed E-state index contributed by atoms with van der Waals surface area (Å²) in [4.78, 5) is 24.3. The van der Waals surface area contributed by atoms with Gasteiger partial charge in [0.15, 0.2) is 0 Å². The van der Waals surface area contributed by atoms with Gasteiger partial charge >= 0.3 is 5.97 Å². The Hall–Kier alpha value is -1.88. The highest BCUT2D eigenvalue weighted by Gasteiger charge is 2.21. The van der Waals surface area contributed by atoms with Crippen LogP contribution in [0, 0.1) is 0 Å². The zero-order valence-electron chi connectivity index (χ0n) is 12.7. The third-order valence-corrected chi connectivity index (χ3v) is 3.40. The molecule has 2 N–H and O–H groups in total. The highest BCUT2D eigenvalue weighted by Crippen LogP contribution is 2.02. The second kappa shape index (κ2) is 9.13. The lowest BCUT2D eigenvalue weighted by Gasteiger charge is -2.22. The maximum Gasteiger partial charge on any atom is 0.320 e. The molecule has 1 rings (SSSR count). The third-order valence-electron chi connectivity index (χ3n) is 3.40. The van der Waals surface area contributed by atoms with Gasteiger partial charge in [0.2, 0.25) is 5.91 Å². The lowest BCUT2D eigenvalue weighted by Crippen LogP contribution is -2.44. The van der Waals surface area contributed by atoms with Crippen molar-refractivity contribution in [3.05, 3.63) is 35.9 Å². The normalized spacial score (nSPS) is 12.1. The number of carboxylic acids is 1. The molecule has 1 amide bonds. The van der Waals surface area contributed by atoms with Gasteiger partial charge in [-0.2, -0.15) is 0 Å². The minimum Gasteiger partial charge on any atom is -0.480 e. The van der Waals surface area contributed by atoms with Gasteiger partial charge in [-0.15, -0.1) is 0 Å². The van der Waals surface area contributed by atoms with Crippen molar-refractivity contribution < 1.29 is 14.7 Å². The van der Waals surface area contributed by atoms with E-state index in [-0.39, 0.29) is 12.5 Å². The minimum absolute atomic E-state index is 0.107. The Bertz CT molecular complexity index is 448. The van der Waals surface area contributed by atoms with Gasteiger partial charge in [0.05, 0.1) is 6.54 Å². The first-order valence-corrected chi connectivity index (χ1v) is 7.28.